The van der Waals surface area contributed by atoms with Crippen molar-refractivity contribution < 1.29 is 43.4 Å². The Morgan fingerprint density at radius 1 is 1.02 bits per heavy atom. The summed E-state index contributed by atoms with van der Waals surface area (Å²) in [7, 11) is -3.85. The summed E-state index contributed by atoms with van der Waals surface area (Å²) in [5.74, 6) is -1.09. The second kappa shape index (κ2) is 15.6. The van der Waals surface area contributed by atoms with Crippen molar-refractivity contribution in [2.75, 3.05) is 25.1 Å². The van der Waals surface area contributed by atoms with E-state index in [2.05, 4.69) is 27.1 Å². The molecule has 0 radical (unpaired) electrons. The number of benzene rings is 3. The van der Waals surface area contributed by atoms with Gasteiger partial charge in [0.1, 0.15) is 6.04 Å². The average molecular weight is 590 g/mol. The molecule has 1 fully saturated rings. The summed E-state index contributed by atoms with van der Waals surface area (Å²) in [5, 5.41) is 12.2. The number of carbonyl (C=O) groups is 2. The van der Waals surface area contributed by atoms with E-state index in [1.54, 1.807) is 24.3 Å². The number of amides is 1. The van der Waals surface area contributed by atoms with E-state index in [0.717, 1.165) is 19.6 Å². The van der Waals surface area contributed by atoms with E-state index in [9.17, 15) is 23.1 Å². The minimum absolute atomic E-state index is 0. The fourth-order valence-corrected chi connectivity index (χ4v) is 6.61. The summed E-state index contributed by atoms with van der Waals surface area (Å²) < 4.78 is 29.7. The molecule has 0 spiro atoms. The second-order valence-corrected chi connectivity index (χ2v) is 12.6. The summed E-state index contributed by atoms with van der Waals surface area (Å²) in [6, 6.07) is 22.4. The Morgan fingerprint density at radius 3 is 2.27 bits per heavy atom. The van der Waals surface area contributed by atoms with Gasteiger partial charge in [-0.15, -0.1) is 0 Å². The molecule has 1 heterocycles. The predicted octanol–water partition coefficient (Wildman–Crippen LogP) is 1.35. The van der Waals surface area contributed by atoms with Crippen molar-refractivity contribution in [3.05, 3.63) is 90.0 Å². The van der Waals surface area contributed by atoms with Crippen molar-refractivity contribution >= 4 is 33.7 Å². The fraction of sp³-hybridized carbons (Fsp3) is 0.333. The fourth-order valence-electron chi connectivity index (χ4n) is 4.81. The molecule has 0 aromatic heterocycles. The van der Waals surface area contributed by atoms with E-state index in [-0.39, 0.29) is 43.2 Å². The topological polar surface area (TPSA) is 116 Å². The van der Waals surface area contributed by atoms with Crippen LogP contribution in [0.3, 0.4) is 0 Å². The van der Waals surface area contributed by atoms with Gasteiger partial charge >= 0.3 is 24.8 Å². The third-order valence-electron chi connectivity index (χ3n) is 7.00. The van der Waals surface area contributed by atoms with Crippen LogP contribution in [0.4, 0.5) is 0 Å². The molecule has 1 saturated heterocycles. The predicted molar refractivity (Wildman–Crippen MR) is 160 cm³/mol. The van der Waals surface area contributed by atoms with Crippen LogP contribution >= 0.6 is 11.8 Å². The van der Waals surface area contributed by atoms with Gasteiger partial charge in [-0.25, -0.2) is 17.9 Å². The van der Waals surface area contributed by atoms with Gasteiger partial charge in [-0.3, -0.25) is 9.69 Å². The molecule has 41 heavy (non-hydrogen) atoms. The van der Waals surface area contributed by atoms with E-state index in [1.807, 2.05) is 30.5 Å². The van der Waals surface area contributed by atoms with Crippen LogP contribution in [0.1, 0.15) is 36.6 Å². The summed E-state index contributed by atoms with van der Waals surface area (Å²) >= 11 is 1.50. The third-order valence-corrected chi connectivity index (χ3v) is 9.17. The van der Waals surface area contributed by atoms with Crippen molar-refractivity contribution in [1.82, 2.24) is 14.9 Å². The Morgan fingerprint density at radius 2 is 1.66 bits per heavy atom. The third kappa shape index (κ3) is 9.20. The molecule has 0 unspecified atom stereocenters. The second-order valence-electron chi connectivity index (χ2n) is 9.88. The zero-order chi connectivity index (χ0) is 28.5. The number of carboxylic acids is 1. The molecule has 4 rings (SSSR count). The Bertz CT molecular complexity index is 1410. The van der Waals surface area contributed by atoms with Crippen LogP contribution in [0.5, 0.6) is 0 Å². The number of likely N-dealkylation sites (tertiary alicyclic amines) is 1. The maximum atomic E-state index is 13.4. The Kier molecular flexibility index (Phi) is 12.5. The summed E-state index contributed by atoms with van der Waals surface area (Å²) in [6.07, 6.45) is 3.55. The van der Waals surface area contributed by atoms with Crippen LogP contribution in [0.15, 0.2) is 83.8 Å². The Labute approximate surface area is 260 Å². The minimum Gasteiger partial charge on any atom is -1.00 e. The van der Waals surface area contributed by atoms with Crippen LogP contribution in [-0.4, -0.2) is 67.5 Å². The minimum atomic E-state index is -3.85. The van der Waals surface area contributed by atoms with Gasteiger partial charge in [0.15, 0.2) is 0 Å². The number of sulfonamides is 1. The number of hydrogen-bond donors (Lipinski definition) is 3. The van der Waals surface area contributed by atoms with Crippen LogP contribution in [0.2, 0.25) is 0 Å². The van der Waals surface area contributed by atoms with Crippen LogP contribution < -0.4 is 28.9 Å². The largest absolute Gasteiger partial charge is 1.00 e. The van der Waals surface area contributed by atoms with Crippen LogP contribution in [-0.2, 0) is 21.4 Å². The molecule has 11 heteroatoms. The van der Waals surface area contributed by atoms with Gasteiger partial charge in [0.25, 0.3) is 5.91 Å². The zero-order valence-electron chi connectivity index (χ0n) is 24.5. The first-order valence-electron chi connectivity index (χ1n) is 13.3. The Hall–Kier alpha value is -2.58. The maximum absolute atomic E-state index is 13.4. The summed E-state index contributed by atoms with van der Waals surface area (Å²) in [6.45, 7) is 2.42. The molecule has 0 aliphatic carbocycles. The first kappa shape index (κ1) is 32.9. The van der Waals surface area contributed by atoms with E-state index >= 15 is 0 Å². The van der Waals surface area contributed by atoms with Gasteiger partial charge < -0.3 is 11.8 Å². The smallest absolute Gasteiger partial charge is 1.00 e. The van der Waals surface area contributed by atoms with Gasteiger partial charge in [0.2, 0.25) is 10.0 Å². The number of nitrogens with zero attached hydrogens (tertiary/aromatic N) is 1. The Balaban J connectivity index is 0.00000308. The molecule has 1 aliphatic rings. The van der Waals surface area contributed by atoms with Crippen molar-refractivity contribution in [3.63, 3.8) is 0 Å². The molecule has 3 N–H and O–H groups in total. The normalized spacial score (nSPS) is 15.0. The number of piperidine rings is 1. The zero-order valence-corrected chi connectivity index (χ0v) is 25.1. The van der Waals surface area contributed by atoms with Crippen LogP contribution in [0.25, 0.3) is 11.1 Å². The monoisotopic (exact) mass is 589 g/mol. The summed E-state index contributed by atoms with van der Waals surface area (Å²) in [4.78, 5) is 27.3. The van der Waals surface area contributed by atoms with Gasteiger partial charge in [-0.05, 0) is 66.2 Å². The average Bonchev–Trinajstić information content (AvgIpc) is 2.96. The van der Waals surface area contributed by atoms with Crippen molar-refractivity contribution in [3.8, 4) is 11.1 Å². The molecular weight excluding hydrogens is 553 g/mol. The molecule has 0 bridgehead atoms. The first-order chi connectivity index (χ1) is 19.3. The van der Waals surface area contributed by atoms with Gasteiger partial charge in [-0.1, -0.05) is 60.7 Å². The van der Waals surface area contributed by atoms with E-state index in [4.69, 9.17) is 0 Å². The number of carboxylic acid groups (broad SMARTS) is 1. The number of rotatable bonds is 12. The van der Waals surface area contributed by atoms with Gasteiger partial charge in [-0.2, -0.15) is 11.8 Å². The molecule has 214 valence electrons. The maximum Gasteiger partial charge on any atom is 1.00 e. The van der Waals surface area contributed by atoms with Crippen LogP contribution in [0, 0.1) is 0 Å². The van der Waals surface area contributed by atoms with Gasteiger partial charge in [0.05, 0.1) is 4.90 Å². The quantitative estimate of drug-likeness (QED) is 0.273. The molecule has 1 amide bonds. The SMILES string of the molecule is CSCC[C@H](NC(=O)c1ccc(S(=O)(=O)NC2CCN(Cc3ccccc3)CC2)cc1-c1ccccc1)C(=O)O.[H-].[Li+]. The number of carbonyl (C=O) groups excluding carboxylic acids is 1. The van der Waals surface area contributed by atoms with E-state index in [0.29, 0.717) is 29.7 Å². The first-order valence-corrected chi connectivity index (χ1v) is 16.1. The van der Waals surface area contributed by atoms with E-state index in [1.165, 1.54) is 35.5 Å². The van der Waals surface area contributed by atoms with Crippen molar-refractivity contribution in [2.24, 2.45) is 0 Å². The number of aliphatic carboxylic acids is 1. The van der Waals surface area contributed by atoms with Crippen molar-refractivity contribution in [2.45, 2.75) is 42.8 Å². The molecule has 3 aromatic rings. The number of thioether (sulfide) groups is 1. The van der Waals surface area contributed by atoms with E-state index < -0.39 is 27.9 Å². The standard InChI is InChI=1S/C30H35N3O5S2.Li.H/c1-39-19-16-28(30(35)36)31-29(34)26-13-12-25(20-27(26)23-10-6-3-7-11-23)40(37,38)32-24-14-17-33(18-15-24)21-22-8-4-2-5-9-22;;/h2-13,20,24,28,32H,14-19,21H2,1H3,(H,31,34)(H,35,36);;/q;+1;-1/t28-;;/m0../s1. The molecule has 0 saturated carbocycles. The number of nitrogens with one attached hydrogen (secondary N) is 2. The molecule has 8 nitrogen and oxygen atoms in total. The molecule has 3 aromatic carbocycles. The van der Waals surface area contributed by atoms with Gasteiger partial charge in [0, 0.05) is 31.2 Å². The summed E-state index contributed by atoms with van der Waals surface area (Å²) in [5.41, 5.74) is 2.54. The molecular formula is C30H36LiN3O5S2. The number of hydrogen-bond acceptors (Lipinski definition) is 6. The molecule has 1 aliphatic heterocycles. The van der Waals surface area contributed by atoms with Crippen molar-refractivity contribution in [1.29, 1.82) is 0 Å². The molecule has 1 atom stereocenters.